The molecule has 0 aromatic carbocycles. The number of nitrogens with zero attached hydrogens (tertiary/aromatic N) is 1. The van der Waals surface area contributed by atoms with Gasteiger partial charge >= 0.3 is 0 Å². The van der Waals surface area contributed by atoms with E-state index < -0.39 is 0 Å². The molecule has 0 spiro atoms. The Bertz CT molecular complexity index is 395. The number of anilines is 1. The van der Waals surface area contributed by atoms with E-state index >= 15 is 0 Å². The highest BCUT2D eigenvalue weighted by atomic mass is 16.5. The number of nitrogens with one attached hydrogen (secondary N) is 1. The second kappa shape index (κ2) is 4.43. The van der Waals surface area contributed by atoms with Crippen LogP contribution in [0.4, 0.5) is 5.69 Å². The van der Waals surface area contributed by atoms with Crippen molar-refractivity contribution in [1.29, 1.82) is 0 Å². The van der Waals surface area contributed by atoms with Gasteiger partial charge in [0.15, 0.2) is 0 Å². The minimum Gasteiger partial charge on any atom is -0.488 e. The van der Waals surface area contributed by atoms with Gasteiger partial charge < -0.3 is 14.8 Å². The first-order valence-electron chi connectivity index (χ1n) is 6.01. The van der Waals surface area contributed by atoms with Crippen LogP contribution in [0.5, 0.6) is 11.6 Å². The van der Waals surface area contributed by atoms with Crippen molar-refractivity contribution in [1.82, 2.24) is 4.98 Å². The molecule has 1 aromatic heterocycles. The van der Waals surface area contributed by atoms with E-state index in [2.05, 4.69) is 10.3 Å². The molecule has 0 saturated heterocycles. The van der Waals surface area contributed by atoms with Crippen LogP contribution in [0.25, 0.3) is 0 Å². The summed E-state index contributed by atoms with van der Waals surface area (Å²) in [5, 5.41) is 3.08. The summed E-state index contributed by atoms with van der Waals surface area (Å²) in [6.07, 6.45) is 4.40. The Labute approximate surface area is 102 Å². The Morgan fingerprint density at radius 2 is 2.06 bits per heavy atom. The summed E-state index contributed by atoms with van der Waals surface area (Å²) in [6, 6.07) is 1.86. The minimum atomic E-state index is -0.245. The first-order chi connectivity index (χ1) is 7.98. The Hall–Kier alpha value is -1.45. The highest BCUT2D eigenvalue weighted by Crippen LogP contribution is 2.34. The lowest BCUT2D eigenvalue weighted by Crippen LogP contribution is -2.23. The largest absolute Gasteiger partial charge is 0.488 e. The zero-order chi connectivity index (χ0) is 12.5. The number of hydrogen-bond donors (Lipinski definition) is 1. The molecule has 1 N–H and O–H groups in total. The Morgan fingerprint density at radius 3 is 2.59 bits per heavy atom. The summed E-state index contributed by atoms with van der Waals surface area (Å²) in [7, 11) is 1.86. The van der Waals surface area contributed by atoms with Crippen LogP contribution in [0, 0.1) is 0 Å². The monoisotopic (exact) mass is 236 g/mol. The molecule has 1 heterocycles. The van der Waals surface area contributed by atoms with Crippen molar-refractivity contribution >= 4 is 5.69 Å². The highest BCUT2D eigenvalue weighted by molar-refractivity contribution is 5.56. The first-order valence-corrected chi connectivity index (χ1v) is 6.01. The van der Waals surface area contributed by atoms with Crippen LogP contribution in [-0.2, 0) is 0 Å². The Balaban J connectivity index is 2.17. The molecule has 4 nitrogen and oxygen atoms in total. The lowest BCUT2D eigenvalue weighted by atomic mass is 10.2. The SMILES string of the molecule is CNc1cnc(OC(C)(C)C)cc1OC1CC1. The topological polar surface area (TPSA) is 43.4 Å². The van der Waals surface area contributed by atoms with Gasteiger partial charge in [-0.1, -0.05) is 0 Å². The van der Waals surface area contributed by atoms with Crippen LogP contribution in [0.3, 0.4) is 0 Å². The fraction of sp³-hybridized carbons (Fsp3) is 0.615. The molecule has 1 aromatic rings. The second-order valence-electron chi connectivity index (χ2n) is 5.30. The lowest BCUT2D eigenvalue weighted by molar-refractivity contribution is 0.123. The average Bonchev–Trinajstić information content (AvgIpc) is 3.00. The predicted octanol–water partition coefficient (Wildman–Crippen LogP) is 2.84. The molecule has 1 aliphatic rings. The summed E-state index contributed by atoms with van der Waals surface area (Å²) in [5.41, 5.74) is 0.656. The molecule has 0 atom stereocenters. The van der Waals surface area contributed by atoms with Crippen LogP contribution in [0.15, 0.2) is 12.3 Å². The third kappa shape index (κ3) is 3.51. The van der Waals surface area contributed by atoms with Crippen LogP contribution in [0.1, 0.15) is 33.6 Å². The normalized spacial score (nSPS) is 15.5. The van der Waals surface area contributed by atoms with Crippen molar-refractivity contribution in [2.75, 3.05) is 12.4 Å². The molecule has 0 unspecified atom stereocenters. The number of hydrogen-bond acceptors (Lipinski definition) is 4. The molecule has 0 amide bonds. The van der Waals surface area contributed by atoms with Crippen molar-refractivity contribution in [2.45, 2.75) is 45.3 Å². The Morgan fingerprint density at radius 1 is 1.35 bits per heavy atom. The van der Waals surface area contributed by atoms with Gasteiger partial charge in [-0.25, -0.2) is 4.98 Å². The minimum absolute atomic E-state index is 0.245. The molecule has 0 aliphatic heterocycles. The molecule has 1 aliphatic carbocycles. The zero-order valence-electron chi connectivity index (χ0n) is 10.9. The van der Waals surface area contributed by atoms with E-state index in [4.69, 9.17) is 9.47 Å². The van der Waals surface area contributed by atoms with Gasteiger partial charge in [0, 0.05) is 13.1 Å². The fourth-order valence-corrected chi connectivity index (χ4v) is 1.44. The summed E-state index contributed by atoms with van der Waals surface area (Å²) in [6.45, 7) is 6.01. The molecule has 2 rings (SSSR count). The molecule has 4 heteroatoms. The lowest BCUT2D eigenvalue weighted by Gasteiger charge is -2.21. The van der Waals surface area contributed by atoms with Gasteiger partial charge in [0.1, 0.15) is 11.4 Å². The van der Waals surface area contributed by atoms with Gasteiger partial charge in [0.25, 0.3) is 0 Å². The second-order valence-corrected chi connectivity index (χ2v) is 5.30. The van der Waals surface area contributed by atoms with Gasteiger partial charge in [0.2, 0.25) is 5.88 Å². The van der Waals surface area contributed by atoms with Crippen molar-refractivity contribution in [3.63, 3.8) is 0 Å². The summed E-state index contributed by atoms with van der Waals surface area (Å²) in [5.74, 6) is 1.43. The van der Waals surface area contributed by atoms with Crippen molar-refractivity contribution in [2.24, 2.45) is 0 Å². The van der Waals surface area contributed by atoms with Crippen molar-refractivity contribution in [3.8, 4) is 11.6 Å². The van der Waals surface area contributed by atoms with Gasteiger partial charge in [-0.05, 0) is 33.6 Å². The maximum absolute atomic E-state index is 5.82. The molecule has 94 valence electrons. The van der Waals surface area contributed by atoms with E-state index in [1.807, 2.05) is 33.9 Å². The van der Waals surface area contributed by atoms with Gasteiger partial charge in [-0.15, -0.1) is 0 Å². The van der Waals surface area contributed by atoms with E-state index in [0.717, 1.165) is 24.3 Å². The van der Waals surface area contributed by atoms with Crippen LogP contribution >= 0.6 is 0 Å². The van der Waals surface area contributed by atoms with E-state index in [9.17, 15) is 0 Å². The van der Waals surface area contributed by atoms with E-state index in [1.165, 1.54) is 0 Å². The molecule has 0 radical (unpaired) electrons. The van der Waals surface area contributed by atoms with Crippen LogP contribution in [0.2, 0.25) is 0 Å². The number of ether oxygens (including phenoxy) is 2. The van der Waals surface area contributed by atoms with E-state index in [1.54, 1.807) is 6.20 Å². The maximum atomic E-state index is 5.82. The van der Waals surface area contributed by atoms with Gasteiger partial charge in [-0.2, -0.15) is 0 Å². The number of pyridine rings is 1. The number of aromatic nitrogens is 1. The smallest absolute Gasteiger partial charge is 0.217 e. The van der Waals surface area contributed by atoms with Crippen LogP contribution < -0.4 is 14.8 Å². The zero-order valence-corrected chi connectivity index (χ0v) is 10.9. The third-order valence-electron chi connectivity index (χ3n) is 2.34. The summed E-state index contributed by atoms with van der Waals surface area (Å²) in [4.78, 5) is 4.26. The Kier molecular flexibility index (Phi) is 3.13. The molecule has 17 heavy (non-hydrogen) atoms. The predicted molar refractivity (Wildman–Crippen MR) is 67.8 cm³/mol. The molecular weight excluding hydrogens is 216 g/mol. The summed E-state index contributed by atoms with van der Waals surface area (Å²) < 4.78 is 11.5. The van der Waals surface area contributed by atoms with Crippen LogP contribution in [-0.4, -0.2) is 23.7 Å². The number of rotatable bonds is 4. The van der Waals surface area contributed by atoms with Crippen molar-refractivity contribution < 1.29 is 9.47 Å². The van der Waals surface area contributed by atoms with E-state index in [-0.39, 0.29) is 5.60 Å². The third-order valence-corrected chi connectivity index (χ3v) is 2.34. The summed E-state index contributed by atoms with van der Waals surface area (Å²) >= 11 is 0. The quantitative estimate of drug-likeness (QED) is 0.873. The highest BCUT2D eigenvalue weighted by Gasteiger charge is 2.25. The first kappa shape index (κ1) is 12.0. The standard InChI is InChI=1S/C13H20N2O2/c1-13(2,3)17-12-7-11(16-9-5-6-9)10(14-4)8-15-12/h7-9,14H,5-6H2,1-4H3. The molecule has 1 fully saturated rings. The van der Waals surface area contributed by atoms with Gasteiger partial charge in [0.05, 0.1) is 18.0 Å². The van der Waals surface area contributed by atoms with E-state index in [0.29, 0.717) is 12.0 Å². The molecular formula is C13H20N2O2. The maximum Gasteiger partial charge on any atom is 0.217 e. The van der Waals surface area contributed by atoms with Gasteiger partial charge in [-0.3, -0.25) is 0 Å². The molecule has 1 saturated carbocycles. The fourth-order valence-electron chi connectivity index (χ4n) is 1.44. The average molecular weight is 236 g/mol. The van der Waals surface area contributed by atoms with Crippen molar-refractivity contribution in [3.05, 3.63) is 12.3 Å². The molecule has 0 bridgehead atoms.